The molecule has 0 aliphatic carbocycles. The molecular weight excluding hydrogens is 288 g/mol. The Hall–Kier alpha value is -2.22. The van der Waals surface area contributed by atoms with Crippen LogP contribution in [0.1, 0.15) is 59.7 Å². The standard InChI is InChI=1S/C14H18N4O4/c1-3-11-16-8(2)12(21-11)13(19)15-7-10-17-14(22-18-10)9-5-4-6-20-9/h9H,3-7H2,1-2H3,(H,15,19)/t9-/m0/s1. The Morgan fingerprint density at radius 1 is 1.41 bits per heavy atom. The van der Waals surface area contributed by atoms with E-state index in [1.165, 1.54) is 0 Å². The Labute approximate surface area is 127 Å². The molecule has 2 aromatic heterocycles. The average Bonchev–Trinajstić information content (AvgIpc) is 3.24. The summed E-state index contributed by atoms with van der Waals surface area (Å²) in [5.74, 6) is 1.30. The van der Waals surface area contributed by atoms with Crippen molar-refractivity contribution in [3.63, 3.8) is 0 Å². The van der Waals surface area contributed by atoms with Crippen molar-refractivity contribution in [3.05, 3.63) is 29.1 Å². The number of nitrogens with one attached hydrogen (secondary N) is 1. The number of carbonyl (C=O) groups excluding carboxylic acids is 1. The van der Waals surface area contributed by atoms with E-state index in [0.717, 1.165) is 12.8 Å². The number of rotatable bonds is 5. The van der Waals surface area contributed by atoms with E-state index < -0.39 is 0 Å². The highest BCUT2D eigenvalue weighted by Gasteiger charge is 2.24. The van der Waals surface area contributed by atoms with E-state index in [1.807, 2.05) is 6.92 Å². The Bertz CT molecular complexity index is 658. The zero-order valence-electron chi connectivity index (χ0n) is 12.6. The first-order valence-corrected chi connectivity index (χ1v) is 7.36. The van der Waals surface area contributed by atoms with Crippen LogP contribution in [0.2, 0.25) is 0 Å². The van der Waals surface area contributed by atoms with Crippen LogP contribution in [0.5, 0.6) is 0 Å². The van der Waals surface area contributed by atoms with Crippen molar-refractivity contribution in [2.75, 3.05) is 6.61 Å². The van der Waals surface area contributed by atoms with Crippen LogP contribution < -0.4 is 5.32 Å². The minimum atomic E-state index is -0.340. The van der Waals surface area contributed by atoms with Gasteiger partial charge in [0, 0.05) is 13.0 Å². The molecule has 1 amide bonds. The topological polar surface area (TPSA) is 103 Å². The molecule has 0 bridgehead atoms. The molecule has 8 heteroatoms. The maximum Gasteiger partial charge on any atom is 0.289 e. The van der Waals surface area contributed by atoms with Crippen LogP contribution in [0, 0.1) is 6.92 Å². The van der Waals surface area contributed by atoms with Crippen molar-refractivity contribution in [2.45, 2.75) is 45.8 Å². The quantitative estimate of drug-likeness (QED) is 0.896. The molecule has 1 saturated heterocycles. The number of oxazole rings is 1. The van der Waals surface area contributed by atoms with Gasteiger partial charge >= 0.3 is 0 Å². The lowest BCUT2D eigenvalue weighted by molar-refractivity contribution is 0.0835. The third-order valence-electron chi connectivity index (χ3n) is 3.45. The summed E-state index contributed by atoms with van der Waals surface area (Å²) in [6.07, 6.45) is 2.39. The monoisotopic (exact) mass is 306 g/mol. The second kappa shape index (κ2) is 6.27. The van der Waals surface area contributed by atoms with Gasteiger partial charge in [-0.25, -0.2) is 4.98 Å². The molecule has 1 aliphatic heterocycles. The van der Waals surface area contributed by atoms with Crippen LogP contribution >= 0.6 is 0 Å². The summed E-state index contributed by atoms with van der Waals surface area (Å²) in [5, 5.41) is 6.54. The molecule has 0 radical (unpaired) electrons. The molecule has 8 nitrogen and oxygen atoms in total. The third-order valence-corrected chi connectivity index (χ3v) is 3.45. The molecule has 0 spiro atoms. The fourth-order valence-corrected chi connectivity index (χ4v) is 2.30. The molecule has 1 fully saturated rings. The Kier molecular flexibility index (Phi) is 4.19. The van der Waals surface area contributed by atoms with Crippen LogP contribution in [0.25, 0.3) is 0 Å². The highest BCUT2D eigenvalue weighted by Crippen LogP contribution is 2.26. The van der Waals surface area contributed by atoms with Crippen molar-refractivity contribution < 1.29 is 18.5 Å². The number of carbonyl (C=O) groups is 1. The molecule has 1 N–H and O–H groups in total. The zero-order chi connectivity index (χ0) is 15.5. The molecule has 3 heterocycles. The smallest absolute Gasteiger partial charge is 0.289 e. The largest absolute Gasteiger partial charge is 0.435 e. The van der Waals surface area contributed by atoms with Gasteiger partial charge in [0.05, 0.1) is 12.2 Å². The number of hydrogen-bond donors (Lipinski definition) is 1. The van der Waals surface area contributed by atoms with Gasteiger partial charge in [-0.1, -0.05) is 12.1 Å². The highest BCUT2D eigenvalue weighted by molar-refractivity contribution is 5.92. The molecule has 22 heavy (non-hydrogen) atoms. The number of ether oxygens (including phenoxy) is 1. The number of aromatic nitrogens is 3. The molecule has 0 unspecified atom stereocenters. The van der Waals surface area contributed by atoms with Crippen molar-refractivity contribution in [2.24, 2.45) is 0 Å². The summed E-state index contributed by atoms with van der Waals surface area (Å²) >= 11 is 0. The number of aryl methyl sites for hydroxylation is 2. The first kappa shape index (κ1) is 14.7. The number of nitrogens with zero attached hydrogens (tertiary/aromatic N) is 3. The summed E-state index contributed by atoms with van der Waals surface area (Å²) in [6, 6.07) is 0. The Morgan fingerprint density at radius 2 is 2.27 bits per heavy atom. The molecule has 118 valence electrons. The SMILES string of the molecule is CCc1nc(C)c(C(=O)NCc2noc([C@@H]3CCCO3)n2)o1. The van der Waals surface area contributed by atoms with Crippen LogP contribution in [-0.4, -0.2) is 27.6 Å². The summed E-state index contributed by atoms with van der Waals surface area (Å²) in [6.45, 7) is 4.53. The highest BCUT2D eigenvalue weighted by atomic mass is 16.5. The third kappa shape index (κ3) is 3.01. The number of hydrogen-bond acceptors (Lipinski definition) is 7. The second-order valence-electron chi connectivity index (χ2n) is 5.11. The normalized spacial score (nSPS) is 17.8. The van der Waals surface area contributed by atoms with Crippen LogP contribution in [0.3, 0.4) is 0 Å². The summed E-state index contributed by atoms with van der Waals surface area (Å²) in [5.41, 5.74) is 0.572. The fraction of sp³-hybridized carbons (Fsp3) is 0.571. The van der Waals surface area contributed by atoms with E-state index in [4.69, 9.17) is 13.7 Å². The van der Waals surface area contributed by atoms with Crippen molar-refractivity contribution in [3.8, 4) is 0 Å². The van der Waals surface area contributed by atoms with Gasteiger partial charge in [-0.05, 0) is 19.8 Å². The lowest BCUT2D eigenvalue weighted by atomic mass is 10.2. The van der Waals surface area contributed by atoms with Gasteiger partial charge < -0.3 is 19.0 Å². The van der Waals surface area contributed by atoms with E-state index in [1.54, 1.807) is 6.92 Å². The van der Waals surface area contributed by atoms with E-state index in [9.17, 15) is 4.79 Å². The summed E-state index contributed by atoms with van der Waals surface area (Å²) < 4.78 is 16.0. The Balaban J connectivity index is 1.59. The van der Waals surface area contributed by atoms with Gasteiger partial charge in [0.2, 0.25) is 5.76 Å². The maximum absolute atomic E-state index is 12.1. The molecule has 0 aromatic carbocycles. The molecular formula is C14H18N4O4. The minimum absolute atomic E-state index is 0.124. The Morgan fingerprint density at radius 3 is 2.95 bits per heavy atom. The first-order valence-electron chi connectivity index (χ1n) is 7.36. The first-order chi connectivity index (χ1) is 10.7. The predicted octanol–water partition coefficient (Wildman–Crippen LogP) is 1.71. The van der Waals surface area contributed by atoms with E-state index in [2.05, 4.69) is 20.4 Å². The van der Waals surface area contributed by atoms with Crippen molar-refractivity contribution in [1.29, 1.82) is 0 Å². The predicted molar refractivity (Wildman–Crippen MR) is 74.0 cm³/mol. The molecule has 0 saturated carbocycles. The van der Waals surface area contributed by atoms with Crippen LogP contribution in [-0.2, 0) is 17.7 Å². The summed E-state index contributed by atoms with van der Waals surface area (Å²) in [4.78, 5) is 20.5. The van der Waals surface area contributed by atoms with Gasteiger partial charge in [-0.3, -0.25) is 4.79 Å². The lowest BCUT2D eigenvalue weighted by Crippen LogP contribution is -2.23. The maximum atomic E-state index is 12.1. The molecule has 3 rings (SSSR count). The van der Waals surface area contributed by atoms with Gasteiger partial charge in [0.25, 0.3) is 11.8 Å². The fourth-order valence-electron chi connectivity index (χ4n) is 2.30. The van der Waals surface area contributed by atoms with E-state index >= 15 is 0 Å². The van der Waals surface area contributed by atoms with Crippen LogP contribution in [0.15, 0.2) is 8.94 Å². The van der Waals surface area contributed by atoms with E-state index in [-0.39, 0.29) is 24.3 Å². The molecule has 2 aromatic rings. The van der Waals surface area contributed by atoms with Gasteiger partial charge in [0.1, 0.15) is 6.10 Å². The van der Waals surface area contributed by atoms with Crippen LogP contribution in [0.4, 0.5) is 0 Å². The molecule has 1 aliphatic rings. The number of amides is 1. The van der Waals surface area contributed by atoms with Gasteiger partial charge in [-0.15, -0.1) is 0 Å². The second-order valence-corrected chi connectivity index (χ2v) is 5.11. The van der Waals surface area contributed by atoms with Gasteiger partial charge in [-0.2, -0.15) is 4.98 Å². The van der Waals surface area contributed by atoms with Gasteiger partial charge in [0.15, 0.2) is 11.7 Å². The van der Waals surface area contributed by atoms with E-state index in [0.29, 0.717) is 36.3 Å². The summed E-state index contributed by atoms with van der Waals surface area (Å²) in [7, 11) is 0. The van der Waals surface area contributed by atoms with Crippen molar-refractivity contribution >= 4 is 5.91 Å². The lowest BCUT2D eigenvalue weighted by Gasteiger charge is -2.01. The minimum Gasteiger partial charge on any atom is -0.435 e. The average molecular weight is 306 g/mol. The zero-order valence-corrected chi connectivity index (χ0v) is 12.6. The molecule has 1 atom stereocenters. The van der Waals surface area contributed by atoms with Crippen molar-refractivity contribution in [1.82, 2.24) is 20.4 Å².